The van der Waals surface area contributed by atoms with E-state index in [4.69, 9.17) is 4.74 Å². The molecule has 0 unspecified atom stereocenters. The number of benzene rings is 1. The van der Waals surface area contributed by atoms with Crippen LogP contribution >= 0.6 is 0 Å². The van der Waals surface area contributed by atoms with E-state index in [-0.39, 0.29) is 24.4 Å². The molecule has 1 aliphatic carbocycles. The molecule has 0 bridgehead atoms. The molecular weight excluding hydrogens is 347 g/mol. The molecule has 2 N–H and O–H groups in total. The molecular formula is C18H22F3N3O2. The Labute approximate surface area is 150 Å². The molecule has 26 heavy (non-hydrogen) atoms. The number of aryl methyl sites for hydroxylation is 2. The van der Waals surface area contributed by atoms with Crippen molar-refractivity contribution in [1.29, 1.82) is 0 Å². The Morgan fingerprint density at radius 2 is 2.04 bits per heavy atom. The minimum atomic E-state index is -4.41. The van der Waals surface area contributed by atoms with Crippen LogP contribution in [0.15, 0.2) is 23.2 Å². The average Bonchev–Trinajstić information content (AvgIpc) is 3.40. The summed E-state index contributed by atoms with van der Waals surface area (Å²) in [6.45, 7) is 3.49. The average molecular weight is 369 g/mol. The molecule has 0 aromatic heterocycles. The summed E-state index contributed by atoms with van der Waals surface area (Å²) in [5.74, 6) is -0.229. The Balaban J connectivity index is 1.58. The third-order valence-electron chi connectivity index (χ3n) is 4.76. The van der Waals surface area contributed by atoms with E-state index in [1.807, 2.05) is 26.0 Å². The zero-order chi connectivity index (χ0) is 18.9. The van der Waals surface area contributed by atoms with Gasteiger partial charge < -0.3 is 15.4 Å². The molecule has 1 saturated carbocycles. The fraction of sp³-hybridized carbons (Fsp3) is 0.556. The molecule has 0 radical (unpaired) electrons. The first-order valence-corrected chi connectivity index (χ1v) is 8.63. The number of amidine groups is 1. The number of aliphatic imine (C=N–C) groups is 1. The van der Waals surface area contributed by atoms with Gasteiger partial charge in [-0.05, 0) is 62.3 Å². The van der Waals surface area contributed by atoms with Gasteiger partial charge in [-0.25, -0.2) is 4.99 Å². The third-order valence-corrected chi connectivity index (χ3v) is 4.76. The number of nitrogens with zero attached hydrogens (tertiary/aromatic N) is 1. The van der Waals surface area contributed by atoms with E-state index in [9.17, 15) is 18.0 Å². The van der Waals surface area contributed by atoms with Gasteiger partial charge in [-0.1, -0.05) is 6.07 Å². The van der Waals surface area contributed by atoms with Crippen molar-refractivity contribution in [3.63, 3.8) is 0 Å². The SMILES string of the molecule is Cc1ccc(NC(=O)COC2=N[C@H](C(F)(F)F)C[C@@H](C3CC3)N2)cc1C. The van der Waals surface area contributed by atoms with Crippen molar-refractivity contribution < 1.29 is 22.7 Å². The van der Waals surface area contributed by atoms with Crippen molar-refractivity contribution in [3.8, 4) is 0 Å². The summed E-state index contributed by atoms with van der Waals surface area (Å²) in [6.07, 6.45) is -2.69. The zero-order valence-corrected chi connectivity index (χ0v) is 14.7. The number of carbonyl (C=O) groups excluding carboxylic acids is 1. The van der Waals surface area contributed by atoms with Crippen LogP contribution in [0.4, 0.5) is 18.9 Å². The van der Waals surface area contributed by atoms with Gasteiger partial charge >= 0.3 is 6.18 Å². The Morgan fingerprint density at radius 3 is 2.65 bits per heavy atom. The van der Waals surface area contributed by atoms with Gasteiger partial charge in [-0.3, -0.25) is 4.79 Å². The van der Waals surface area contributed by atoms with Crippen LogP contribution in [0.25, 0.3) is 0 Å². The second-order valence-corrected chi connectivity index (χ2v) is 6.95. The van der Waals surface area contributed by atoms with Gasteiger partial charge in [0.1, 0.15) is 0 Å². The molecule has 1 fully saturated rings. The molecule has 0 spiro atoms. The van der Waals surface area contributed by atoms with Crippen LogP contribution in [0, 0.1) is 19.8 Å². The number of hydrogen-bond donors (Lipinski definition) is 2. The highest BCUT2D eigenvalue weighted by Gasteiger charge is 2.46. The number of amides is 1. The van der Waals surface area contributed by atoms with Crippen molar-refractivity contribution in [1.82, 2.24) is 5.32 Å². The van der Waals surface area contributed by atoms with Gasteiger partial charge in [0.25, 0.3) is 11.9 Å². The molecule has 142 valence electrons. The van der Waals surface area contributed by atoms with Gasteiger partial charge in [0, 0.05) is 11.7 Å². The maximum Gasteiger partial charge on any atom is 0.411 e. The lowest BCUT2D eigenvalue weighted by Crippen LogP contribution is -2.48. The van der Waals surface area contributed by atoms with Gasteiger partial charge in [0.05, 0.1) is 0 Å². The Bertz CT molecular complexity index is 714. The number of halogens is 3. The van der Waals surface area contributed by atoms with Gasteiger partial charge in [0.15, 0.2) is 12.6 Å². The quantitative estimate of drug-likeness (QED) is 0.856. The van der Waals surface area contributed by atoms with Crippen LogP contribution < -0.4 is 10.6 Å². The molecule has 1 aliphatic heterocycles. The monoisotopic (exact) mass is 369 g/mol. The van der Waals surface area contributed by atoms with Crippen LogP contribution in [0.1, 0.15) is 30.4 Å². The Kier molecular flexibility index (Phi) is 5.11. The summed E-state index contributed by atoms with van der Waals surface area (Å²) in [5, 5.41) is 5.57. The third kappa shape index (κ3) is 4.68. The highest BCUT2D eigenvalue weighted by atomic mass is 19.4. The van der Waals surface area contributed by atoms with Crippen LogP contribution in [-0.2, 0) is 9.53 Å². The summed E-state index contributed by atoms with van der Waals surface area (Å²) in [5.41, 5.74) is 2.75. The van der Waals surface area contributed by atoms with Crippen LogP contribution in [0.3, 0.4) is 0 Å². The first-order chi connectivity index (χ1) is 12.2. The molecule has 8 heteroatoms. The Morgan fingerprint density at radius 1 is 1.31 bits per heavy atom. The molecule has 2 atom stereocenters. The normalized spacial score (nSPS) is 23.0. The highest BCUT2D eigenvalue weighted by Crippen LogP contribution is 2.38. The standard InChI is InChI=1S/C18H22F3N3O2/c1-10-3-6-13(7-11(10)2)22-16(25)9-26-17-23-14(12-4-5-12)8-15(24-17)18(19,20)21/h3,6-7,12,14-15H,4-5,8-9H2,1-2H3,(H,22,25)(H,23,24)/t14-,15-/m0/s1. The molecule has 1 aromatic carbocycles. The van der Waals surface area contributed by atoms with E-state index in [0.717, 1.165) is 24.0 Å². The van der Waals surface area contributed by atoms with Crippen LogP contribution in [0.2, 0.25) is 0 Å². The molecule has 0 saturated heterocycles. The van der Waals surface area contributed by atoms with E-state index >= 15 is 0 Å². The number of rotatable bonds is 4. The lowest BCUT2D eigenvalue weighted by atomic mass is 10.0. The van der Waals surface area contributed by atoms with Gasteiger partial charge in [-0.15, -0.1) is 0 Å². The van der Waals surface area contributed by atoms with Crippen molar-refractivity contribution in [2.75, 3.05) is 11.9 Å². The van der Waals surface area contributed by atoms with E-state index in [1.54, 1.807) is 6.07 Å². The fourth-order valence-corrected chi connectivity index (χ4v) is 2.93. The second-order valence-electron chi connectivity index (χ2n) is 6.95. The second kappa shape index (κ2) is 7.17. The highest BCUT2D eigenvalue weighted by molar-refractivity contribution is 5.93. The fourth-order valence-electron chi connectivity index (χ4n) is 2.93. The number of hydrogen-bond acceptors (Lipinski definition) is 4. The lowest BCUT2D eigenvalue weighted by molar-refractivity contribution is -0.151. The van der Waals surface area contributed by atoms with Crippen molar-refractivity contribution in [3.05, 3.63) is 29.3 Å². The maximum atomic E-state index is 13.1. The van der Waals surface area contributed by atoms with E-state index < -0.39 is 24.7 Å². The summed E-state index contributed by atoms with van der Waals surface area (Å²) < 4.78 is 44.4. The maximum absolute atomic E-state index is 13.1. The predicted octanol–water partition coefficient (Wildman–Crippen LogP) is 3.32. The smallest absolute Gasteiger partial charge is 0.411 e. The minimum Gasteiger partial charge on any atom is -0.455 e. The van der Waals surface area contributed by atoms with Crippen molar-refractivity contribution in [2.45, 2.75) is 51.4 Å². The number of nitrogens with one attached hydrogen (secondary N) is 2. The van der Waals surface area contributed by atoms with Crippen LogP contribution in [0.5, 0.6) is 0 Å². The first kappa shape index (κ1) is 18.5. The molecule has 1 heterocycles. The molecule has 2 aliphatic rings. The number of anilines is 1. The number of carbonyl (C=O) groups is 1. The molecule has 3 rings (SSSR count). The van der Waals surface area contributed by atoms with E-state index in [2.05, 4.69) is 15.6 Å². The van der Waals surface area contributed by atoms with Crippen molar-refractivity contribution >= 4 is 17.6 Å². The lowest BCUT2D eigenvalue weighted by Gasteiger charge is -2.30. The largest absolute Gasteiger partial charge is 0.455 e. The van der Waals surface area contributed by atoms with Gasteiger partial charge in [-0.2, -0.15) is 13.2 Å². The number of ether oxygens (including phenoxy) is 1. The van der Waals surface area contributed by atoms with Gasteiger partial charge in [0.2, 0.25) is 0 Å². The topological polar surface area (TPSA) is 62.7 Å². The number of alkyl halides is 3. The zero-order valence-electron chi connectivity index (χ0n) is 14.7. The summed E-state index contributed by atoms with van der Waals surface area (Å²) in [7, 11) is 0. The predicted molar refractivity (Wildman–Crippen MR) is 92.0 cm³/mol. The Hall–Kier alpha value is -2.25. The molecule has 5 nitrogen and oxygen atoms in total. The van der Waals surface area contributed by atoms with E-state index in [1.165, 1.54) is 0 Å². The first-order valence-electron chi connectivity index (χ1n) is 8.63. The van der Waals surface area contributed by atoms with E-state index in [0.29, 0.717) is 5.69 Å². The summed E-state index contributed by atoms with van der Waals surface area (Å²) >= 11 is 0. The van der Waals surface area contributed by atoms with Crippen molar-refractivity contribution in [2.24, 2.45) is 10.9 Å². The summed E-state index contributed by atoms with van der Waals surface area (Å²) in [6, 6.07) is 3.17. The molecule has 1 amide bonds. The van der Waals surface area contributed by atoms with Crippen LogP contribution in [-0.4, -0.2) is 36.8 Å². The summed E-state index contributed by atoms with van der Waals surface area (Å²) in [4.78, 5) is 15.6. The minimum absolute atomic E-state index is 0.0874. The molecule has 1 aromatic rings.